The van der Waals surface area contributed by atoms with E-state index in [0.717, 1.165) is 23.4 Å². The van der Waals surface area contributed by atoms with Gasteiger partial charge in [0.25, 0.3) is 0 Å². The highest BCUT2D eigenvalue weighted by Crippen LogP contribution is 2.24. The Kier molecular flexibility index (Phi) is 7.26. The van der Waals surface area contributed by atoms with Gasteiger partial charge in [-0.25, -0.2) is 4.98 Å². The van der Waals surface area contributed by atoms with Crippen LogP contribution in [0, 0.1) is 5.92 Å². The van der Waals surface area contributed by atoms with Crippen molar-refractivity contribution in [1.82, 2.24) is 4.98 Å². The van der Waals surface area contributed by atoms with Crippen LogP contribution >= 0.6 is 11.3 Å². The number of hydrogen-bond acceptors (Lipinski definition) is 4. The van der Waals surface area contributed by atoms with Crippen molar-refractivity contribution in [1.29, 1.82) is 0 Å². The van der Waals surface area contributed by atoms with Gasteiger partial charge in [-0.2, -0.15) is 0 Å². The van der Waals surface area contributed by atoms with E-state index in [0.29, 0.717) is 12.0 Å². The molecule has 1 N–H and O–H groups in total. The second kappa shape index (κ2) is 9.42. The fraction of sp³-hybridized carbons (Fsp3) is 0.381. The van der Waals surface area contributed by atoms with Gasteiger partial charge in [0.2, 0.25) is 0 Å². The molecule has 0 atom stereocenters. The number of methoxy groups -OCH3 is 1. The van der Waals surface area contributed by atoms with Gasteiger partial charge in [0.15, 0.2) is 0 Å². The van der Waals surface area contributed by atoms with E-state index in [1.807, 2.05) is 41.7 Å². The summed E-state index contributed by atoms with van der Waals surface area (Å²) in [7, 11) is 1.68. The van der Waals surface area contributed by atoms with E-state index in [1.54, 1.807) is 7.11 Å². The van der Waals surface area contributed by atoms with Gasteiger partial charge in [0.1, 0.15) is 5.75 Å². The van der Waals surface area contributed by atoms with Crippen LogP contribution < -0.4 is 10.1 Å². The van der Waals surface area contributed by atoms with E-state index in [1.165, 1.54) is 9.71 Å². The summed E-state index contributed by atoms with van der Waals surface area (Å²) in [5.41, 5.74) is 2.19. The lowest BCUT2D eigenvalue weighted by molar-refractivity contribution is 0.416. The number of aromatic nitrogens is 1. The number of fused-ring (bicyclic) bond motifs is 1. The summed E-state index contributed by atoms with van der Waals surface area (Å²) in [5, 5.41) is 4.56. The van der Waals surface area contributed by atoms with E-state index in [2.05, 4.69) is 56.2 Å². The molecule has 134 valence electrons. The minimum absolute atomic E-state index is 0.432. The first-order chi connectivity index (χ1) is 12.0. The minimum atomic E-state index is 0.432. The Bertz CT molecular complexity index is 747. The van der Waals surface area contributed by atoms with Crippen molar-refractivity contribution in [3.8, 4) is 5.75 Å². The molecule has 0 radical (unpaired) electrons. The number of benzene rings is 2. The Morgan fingerprint density at radius 3 is 2.32 bits per heavy atom. The van der Waals surface area contributed by atoms with Gasteiger partial charge in [-0.1, -0.05) is 38.1 Å². The van der Waals surface area contributed by atoms with Gasteiger partial charge in [0, 0.05) is 12.5 Å². The SMILES string of the molecule is CC(C)Cc1nc2ccccc2s1.COc1ccccc1NC(C)C. The lowest BCUT2D eigenvalue weighted by atomic mass is 10.1. The minimum Gasteiger partial charge on any atom is -0.495 e. The molecule has 4 heteroatoms. The predicted molar refractivity (Wildman–Crippen MR) is 110 cm³/mol. The monoisotopic (exact) mass is 356 g/mol. The fourth-order valence-electron chi connectivity index (χ4n) is 2.43. The van der Waals surface area contributed by atoms with Gasteiger partial charge in [-0.05, 0) is 44.0 Å². The Labute approximate surface area is 155 Å². The molecule has 2 aromatic carbocycles. The first-order valence-corrected chi connectivity index (χ1v) is 9.55. The number of nitrogens with zero attached hydrogens (tertiary/aromatic N) is 1. The number of hydrogen-bond donors (Lipinski definition) is 1. The lowest BCUT2D eigenvalue weighted by Gasteiger charge is -2.13. The maximum absolute atomic E-state index is 5.18. The zero-order chi connectivity index (χ0) is 18.2. The van der Waals surface area contributed by atoms with Crippen LogP contribution in [0.1, 0.15) is 32.7 Å². The highest BCUT2D eigenvalue weighted by molar-refractivity contribution is 7.18. The molecule has 0 aliphatic rings. The first kappa shape index (κ1) is 19.3. The summed E-state index contributed by atoms with van der Waals surface area (Å²) in [4.78, 5) is 4.57. The normalized spacial score (nSPS) is 10.7. The molecule has 1 aromatic heterocycles. The molecule has 3 rings (SSSR count). The van der Waals surface area contributed by atoms with Crippen LogP contribution in [0.25, 0.3) is 10.2 Å². The van der Waals surface area contributed by atoms with Crippen molar-refractivity contribution < 1.29 is 4.74 Å². The zero-order valence-corrected chi connectivity index (χ0v) is 16.6. The summed E-state index contributed by atoms with van der Waals surface area (Å²) in [6.07, 6.45) is 1.10. The van der Waals surface area contributed by atoms with E-state index >= 15 is 0 Å². The van der Waals surface area contributed by atoms with Gasteiger partial charge in [0.05, 0.1) is 28.0 Å². The maximum Gasteiger partial charge on any atom is 0.141 e. The van der Waals surface area contributed by atoms with Crippen LogP contribution in [0.3, 0.4) is 0 Å². The molecule has 0 fully saturated rings. The smallest absolute Gasteiger partial charge is 0.141 e. The van der Waals surface area contributed by atoms with Crippen molar-refractivity contribution in [2.45, 2.75) is 40.2 Å². The first-order valence-electron chi connectivity index (χ1n) is 8.73. The highest BCUT2D eigenvalue weighted by Gasteiger charge is 2.04. The summed E-state index contributed by atoms with van der Waals surface area (Å²) >= 11 is 1.81. The van der Waals surface area contributed by atoms with Gasteiger partial charge in [-0.15, -0.1) is 11.3 Å². The molecular weight excluding hydrogens is 328 g/mol. The quantitative estimate of drug-likeness (QED) is 0.608. The second-order valence-corrected chi connectivity index (χ2v) is 7.79. The third-order valence-corrected chi connectivity index (χ3v) is 4.53. The topological polar surface area (TPSA) is 34.1 Å². The molecule has 0 spiro atoms. The van der Waals surface area contributed by atoms with Crippen LogP contribution in [0.15, 0.2) is 48.5 Å². The Balaban J connectivity index is 0.000000181. The van der Waals surface area contributed by atoms with E-state index < -0.39 is 0 Å². The van der Waals surface area contributed by atoms with Crippen LogP contribution in [-0.2, 0) is 6.42 Å². The number of thiazole rings is 1. The molecule has 0 saturated carbocycles. The Morgan fingerprint density at radius 2 is 1.68 bits per heavy atom. The number of rotatable bonds is 5. The molecule has 0 aliphatic heterocycles. The van der Waals surface area contributed by atoms with Gasteiger partial charge >= 0.3 is 0 Å². The average Bonchev–Trinajstić information content (AvgIpc) is 2.96. The molecule has 25 heavy (non-hydrogen) atoms. The van der Waals surface area contributed by atoms with Gasteiger partial charge < -0.3 is 10.1 Å². The molecule has 3 aromatic rings. The maximum atomic E-state index is 5.18. The van der Waals surface area contributed by atoms with Crippen molar-refractivity contribution >= 4 is 27.2 Å². The van der Waals surface area contributed by atoms with Crippen LogP contribution in [0.2, 0.25) is 0 Å². The fourth-order valence-corrected chi connectivity index (χ4v) is 3.61. The van der Waals surface area contributed by atoms with Crippen molar-refractivity contribution in [2.75, 3.05) is 12.4 Å². The van der Waals surface area contributed by atoms with Crippen molar-refractivity contribution in [3.63, 3.8) is 0 Å². The third-order valence-electron chi connectivity index (χ3n) is 3.47. The standard InChI is InChI=1S/C11H13NS.C10H15NO/c1-8(2)7-11-12-9-5-3-4-6-10(9)13-11;1-8(2)11-9-6-4-5-7-10(9)12-3/h3-6,8H,7H2,1-2H3;4-8,11H,1-3H3. The molecule has 0 bridgehead atoms. The van der Waals surface area contributed by atoms with E-state index in [-0.39, 0.29) is 0 Å². The number of anilines is 1. The summed E-state index contributed by atoms with van der Waals surface area (Å²) in [6.45, 7) is 8.66. The number of nitrogens with one attached hydrogen (secondary N) is 1. The van der Waals surface area contributed by atoms with Crippen LogP contribution in [-0.4, -0.2) is 18.1 Å². The van der Waals surface area contributed by atoms with E-state index in [9.17, 15) is 0 Å². The van der Waals surface area contributed by atoms with Crippen LogP contribution in [0.5, 0.6) is 5.75 Å². The summed E-state index contributed by atoms with van der Waals surface area (Å²) < 4.78 is 6.49. The second-order valence-electron chi connectivity index (χ2n) is 6.67. The molecule has 1 heterocycles. The molecular formula is C21H28N2OS. The predicted octanol–water partition coefficient (Wildman–Crippen LogP) is 6.01. The zero-order valence-electron chi connectivity index (χ0n) is 15.7. The van der Waals surface area contributed by atoms with E-state index in [4.69, 9.17) is 4.74 Å². The summed E-state index contributed by atoms with van der Waals surface area (Å²) in [5.74, 6) is 1.59. The summed E-state index contributed by atoms with van der Waals surface area (Å²) in [6, 6.07) is 16.7. The number of para-hydroxylation sites is 3. The molecule has 0 unspecified atom stereocenters. The molecule has 3 nitrogen and oxygen atoms in total. The van der Waals surface area contributed by atoms with Gasteiger partial charge in [-0.3, -0.25) is 0 Å². The molecule has 0 aliphatic carbocycles. The van der Waals surface area contributed by atoms with Crippen molar-refractivity contribution in [3.05, 3.63) is 53.5 Å². The lowest BCUT2D eigenvalue weighted by Crippen LogP contribution is -2.10. The molecule has 0 saturated heterocycles. The Morgan fingerprint density at radius 1 is 1.00 bits per heavy atom. The molecule has 0 amide bonds. The number of ether oxygens (including phenoxy) is 1. The average molecular weight is 357 g/mol. The largest absolute Gasteiger partial charge is 0.495 e. The Hall–Kier alpha value is -2.07. The third kappa shape index (κ3) is 6.05. The van der Waals surface area contributed by atoms with Crippen LogP contribution in [0.4, 0.5) is 5.69 Å². The highest BCUT2D eigenvalue weighted by atomic mass is 32.1. The van der Waals surface area contributed by atoms with Crippen molar-refractivity contribution in [2.24, 2.45) is 5.92 Å².